The van der Waals surface area contributed by atoms with E-state index in [9.17, 15) is 45.1 Å². The molecule has 15 heteroatoms. The fourth-order valence-electron chi connectivity index (χ4n) is 3.65. The number of hydrogen-bond donors (Lipinski definition) is 2. The van der Waals surface area contributed by atoms with Gasteiger partial charge in [-0.25, -0.2) is 21.5 Å². The molecule has 3 aromatic rings. The van der Waals surface area contributed by atoms with Crippen LogP contribution >= 0.6 is 11.6 Å². The molecule has 0 saturated heterocycles. The van der Waals surface area contributed by atoms with Gasteiger partial charge in [0.05, 0.1) is 5.02 Å². The Kier molecular flexibility index (Phi) is 7.27. The number of Topliss-reactive ketones (excluding diaryl/α,β-unsaturated/α-hetero) is 1. The largest absolute Gasteiger partial charge is 0.573 e. The van der Waals surface area contributed by atoms with E-state index in [-0.39, 0.29) is 15.6 Å². The molecule has 0 radical (unpaired) electrons. The SMILES string of the molecule is O=C(CN1C(=C(O)c2ccc(F)c(Cl)c2)C(=O)c2ccc(F)cc2S1(=O)=O)Nc1cccc(OC(F)(F)F)c1. The van der Waals surface area contributed by atoms with Gasteiger partial charge in [-0.3, -0.25) is 9.59 Å². The maximum absolute atomic E-state index is 13.9. The summed E-state index contributed by atoms with van der Waals surface area (Å²) in [6.45, 7) is -1.18. The number of aliphatic hydroxyl groups is 1. The molecule has 0 unspecified atom stereocenters. The first kappa shape index (κ1) is 27.9. The maximum atomic E-state index is 13.9. The van der Waals surface area contributed by atoms with Crippen molar-refractivity contribution in [1.29, 1.82) is 0 Å². The molecule has 8 nitrogen and oxygen atoms in total. The number of allylic oxidation sites excluding steroid dienone is 1. The van der Waals surface area contributed by atoms with E-state index in [0.29, 0.717) is 6.07 Å². The molecule has 1 aliphatic rings. The Hall–Kier alpha value is -4.17. The molecule has 4 rings (SSSR count). The van der Waals surface area contributed by atoms with Crippen LogP contribution in [0.25, 0.3) is 5.76 Å². The number of nitrogens with one attached hydrogen (secondary N) is 1. The summed E-state index contributed by atoms with van der Waals surface area (Å²) in [5.74, 6) is -5.85. The summed E-state index contributed by atoms with van der Waals surface area (Å²) in [7, 11) is -4.86. The fraction of sp³-hybridized carbons (Fsp3) is 0.0833. The van der Waals surface area contributed by atoms with Gasteiger partial charge >= 0.3 is 6.36 Å². The van der Waals surface area contributed by atoms with Crippen LogP contribution in [0.4, 0.5) is 27.6 Å². The quantitative estimate of drug-likeness (QED) is 0.239. The number of halogens is 6. The van der Waals surface area contributed by atoms with E-state index < -0.39 is 78.9 Å². The zero-order valence-electron chi connectivity index (χ0n) is 19.1. The number of rotatable bonds is 5. The summed E-state index contributed by atoms with van der Waals surface area (Å²) < 4.78 is 96.0. The zero-order chi connectivity index (χ0) is 28.7. The van der Waals surface area contributed by atoms with Gasteiger partial charge in [-0.05, 0) is 48.5 Å². The van der Waals surface area contributed by atoms with Crippen LogP contribution < -0.4 is 10.1 Å². The number of anilines is 1. The number of amides is 1. The second kappa shape index (κ2) is 10.2. The molecule has 1 heterocycles. The molecule has 204 valence electrons. The smallest absolute Gasteiger partial charge is 0.505 e. The van der Waals surface area contributed by atoms with E-state index in [1.54, 1.807) is 0 Å². The molecule has 2 N–H and O–H groups in total. The topological polar surface area (TPSA) is 113 Å². The molecule has 0 fully saturated rings. The Balaban J connectivity index is 1.77. The van der Waals surface area contributed by atoms with Gasteiger partial charge in [0.25, 0.3) is 10.0 Å². The van der Waals surface area contributed by atoms with Crippen LogP contribution in [0.2, 0.25) is 5.02 Å². The third-order valence-corrected chi connectivity index (χ3v) is 7.35. The first-order valence-electron chi connectivity index (χ1n) is 10.6. The van der Waals surface area contributed by atoms with Crippen LogP contribution in [0, 0.1) is 11.6 Å². The molecule has 0 aliphatic carbocycles. The Labute approximate surface area is 221 Å². The van der Waals surface area contributed by atoms with Crippen molar-refractivity contribution in [2.75, 3.05) is 11.9 Å². The van der Waals surface area contributed by atoms with Crippen LogP contribution in [-0.2, 0) is 14.8 Å². The van der Waals surface area contributed by atoms with Gasteiger partial charge in [0.15, 0.2) is 5.76 Å². The van der Waals surface area contributed by atoms with Gasteiger partial charge in [-0.15, -0.1) is 13.2 Å². The number of aliphatic hydroxyl groups excluding tert-OH is 1. The highest BCUT2D eigenvalue weighted by Crippen LogP contribution is 2.36. The van der Waals surface area contributed by atoms with Crippen molar-refractivity contribution in [2.45, 2.75) is 11.3 Å². The third kappa shape index (κ3) is 5.81. The zero-order valence-corrected chi connectivity index (χ0v) is 20.7. The van der Waals surface area contributed by atoms with Crippen LogP contribution in [0.5, 0.6) is 5.75 Å². The number of carbonyl (C=O) groups is 2. The molecule has 0 aromatic heterocycles. The highest BCUT2D eigenvalue weighted by molar-refractivity contribution is 7.89. The van der Waals surface area contributed by atoms with E-state index in [2.05, 4.69) is 10.1 Å². The molecule has 1 aliphatic heterocycles. The second-order valence-electron chi connectivity index (χ2n) is 7.93. The minimum Gasteiger partial charge on any atom is -0.505 e. The Morgan fingerprint density at radius 3 is 2.44 bits per heavy atom. The number of alkyl halides is 3. The Morgan fingerprint density at radius 1 is 1.05 bits per heavy atom. The average molecular weight is 589 g/mol. The highest BCUT2D eigenvalue weighted by atomic mass is 35.5. The van der Waals surface area contributed by atoms with E-state index in [1.165, 1.54) is 6.07 Å². The normalized spacial score (nSPS) is 15.9. The number of ether oxygens (including phenoxy) is 1. The summed E-state index contributed by atoms with van der Waals surface area (Å²) in [5.41, 5.74) is -1.96. The van der Waals surface area contributed by atoms with Gasteiger partial charge in [0.1, 0.15) is 34.5 Å². The van der Waals surface area contributed by atoms with E-state index in [0.717, 1.165) is 48.5 Å². The van der Waals surface area contributed by atoms with Crippen molar-refractivity contribution >= 4 is 44.8 Å². The van der Waals surface area contributed by atoms with Gasteiger partial charge in [-0.1, -0.05) is 17.7 Å². The summed E-state index contributed by atoms with van der Waals surface area (Å²) >= 11 is 5.74. The summed E-state index contributed by atoms with van der Waals surface area (Å²) in [6.07, 6.45) is -5.02. The molecular weight excluding hydrogens is 575 g/mol. The minimum atomic E-state index is -5.02. The summed E-state index contributed by atoms with van der Waals surface area (Å²) in [4.78, 5) is 25.3. The molecular formula is C24H14ClF5N2O6S. The molecule has 1 amide bonds. The van der Waals surface area contributed by atoms with E-state index in [1.807, 2.05) is 0 Å². The van der Waals surface area contributed by atoms with E-state index >= 15 is 0 Å². The minimum absolute atomic E-state index is 0.203. The van der Waals surface area contributed by atoms with Gasteiger partial charge in [0, 0.05) is 22.9 Å². The lowest BCUT2D eigenvalue weighted by molar-refractivity contribution is -0.274. The van der Waals surface area contributed by atoms with Crippen LogP contribution in [0.1, 0.15) is 15.9 Å². The standard InChI is InChI=1S/C24H14ClF5N2O6S/c25-17-8-12(4-7-18(17)27)22(34)21-23(35)16-6-5-13(26)9-19(16)39(36,37)32(21)11-20(33)31-14-2-1-3-15(10-14)38-24(28,29)30/h1-10,34H,11H2,(H,31,33). The number of sulfonamides is 1. The van der Waals surface area contributed by atoms with Gasteiger partial charge in [0.2, 0.25) is 11.7 Å². The van der Waals surface area contributed by atoms with Crippen molar-refractivity contribution in [3.63, 3.8) is 0 Å². The first-order chi connectivity index (χ1) is 18.2. The number of nitrogens with zero attached hydrogens (tertiary/aromatic N) is 1. The van der Waals surface area contributed by atoms with Gasteiger partial charge in [-0.2, -0.15) is 0 Å². The number of fused-ring (bicyclic) bond motifs is 1. The van der Waals surface area contributed by atoms with E-state index in [4.69, 9.17) is 11.6 Å². The average Bonchev–Trinajstić information content (AvgIpc) is 2.83. The Morgan fingerprint density at radius 2 is 1.77 bits per heavy atom. The van der Waals surface area contributed by atoms with Crippen molar-refractivity contribution in [2.24, 2.45) is 0 Å². The lowest BCUT2D eigenvalue weighted by Gasteiger charge is -2.31. The van der Waals surface area contributed by atoms with Crippen molar-refractivity contribution in [3.8, 4) is 5.75 Å². The molecule has 0 bridgehead atoms. The number of hydrogen-bond acceptors (Lipinski definition) is 6. The number of carbonyl (C=O) groups excluding carboxylic acids is 2. The molecule has 0 saturated carbocycles. The molecule has 0 spiro atoms. The molecule has 0 atom stereocenters. The second-order valence-corrected chi connectivity index (χ2v) is 10.2. The molecule has 3 aromatic carbocycles. The highest BCUT2D eigenvalue weighted by Gasteiger charge is 2.43. The van der Waals surface area contributed by atoms with Crippen molar-refractivity contribution in [3.05, 3.63) is 94.1 Å². The van der Waals surface area contributed by atoms with Crippen molar-refractivity contribution < 1.29 is 49.8 Å². The van der Waals surface area contributed by atoms with Crippen LogP contribution in [-0.4, -0.2) is 42.4 Å². The van der Waals surface area contributed by atoms with Gasteiger partial charge < -0.3 is 15.2 Å². The summed E-state index contributed by atoms with van der Waals surface area (Å²) in [5, 5.41) is 12.6. The van der Waals surface area contributed by atoms with Crippen LogP contribution in [0.3, 0.4) is 0 Å². The fourth-order valence-corrected chi connectivity index (χ4v) is 5.46. The third-order valence-electron chi connectivity index (χ3n) is 5.28. The lowest BCUT2D eigenvalue weighted by Crippen LogP contribution is -2.44. The predicted octanol–water partition coefficient (Wildman–Crippen LogP) is 5.27. The van der Waals surface area contributed by atoms with Crippen molar-refractivity contribution in [1.82, 2.24) is 4.31 Å². The monoisotopic (exact) mass is 588 g/mol. The van der Waals surface area contributed by atoms with Crippen LogP contribution in [0.15, 0.2) is 71.3 Å². The first-order valence-corrected chi connectivity index (χ1v) is 12.4. The molecule has 39 heavy (non-hydrogen) atoms. The maximum Gasteiger partial charge on any atom is 0.573 e. The Bertz CT molecular complexity index is 1640. The number of ketones is 1. The lowest BCUT2D eigenvalue weighted by atomic mass is 10.0. The number of benzene rings is 3. The predicted molar refractivity (Wildman–Crippen MR) is 127 cm³/mol. The summed E-state index contributed by atoms with van der Waals surface area (Å²) in [6, 6.07) is 9.03.